The maximum atomic E-state index is 13.5. The molecule has 1 aliphatic heterocycles. The lowest BCUT2D eigenvalue weighted by atomic mass is 9.65. The summed E-state index contributed by atoms with van der Waals surface area (Å²) in [6.07, 6.45) is 6.94. The highest BCUT2D eigenvalue weighted by molar-refractivity contribution is 6.02. The molecule has 40 heavy (non-hydrogen) atoms. The first-order valence-electron chi connectivity index (χ1n) is 12.5. The summed E-state index contributed by atoms with van der Waals surface area (Å²) in [6, 6.07) is 16.4. The molecule has 0 saturated carbocycles. The van der Waals surface area contributed by atoms with Crippen LogP contribution in [0.25, 0.3) is 11.8 Å². The Labute approximate surface area is 228 Å². The molecule has 1 atom stereocenters. The Morgan fingerprint density at radius 2 is 1.82 bits per heavy atom. The molecule has 2 aromatic carbocycles. The number of nitrogens with zero attached hydrogens (tertiary/aromatic N) is 4. The summed E-state index contributed by atoms with van der Waals surface area (Å²) in [6.45, 7) is 1.43. The highest BCUT2D eigenvalue weighted by atomic mass is 19.1. The Morgan fingerprint density at radius 3 is 2.48 bits per heavy atom. The number of carboxylic acids is 1. The maximum absolute atomic E-state index is 13.5. The third kappa shape index (κ3) is 5.14. The Balaban J connectivity index is 0.000000227. The van der Waals surface area contributed by atoms with E-state index in [1.807, 2.05) is 23.0 Å². The van der Waals surface area contributed by atoms with E-state index >= 15 is 0 Å². The second kappa shape index (κ2) is 11.0. The number of aromatic carboxylic acids is 1. The first kappa shape index (κ1) is 26.6. The van der Waals surface area contributed by atoms with Crippen molar-refractivity contribution in [2.75, 3.05) is 13.1 Å². The van der Waals surface area contributed by atoms with E-state index in [0.29, 0.717) is 18.7 Å². The van der Waals surface area contributed by atoms with Gasteiger partial charge in [0.25, 0.3) is 5.69 Å². The fourth-order valence-electron chi connectivity index (χ4n) is 5.00. The number of halogens is 1. The van der Waals surface area contributed by atoms with Gasteiger partial charge in [-0.1, -0.05) is 11.6 Å². The van der Waals surface area contributed by atoms with Gasteiger partial charge < -0.3 is 10.4 Å². The fourth-order valence-corrected chi connectivity index (χ4v) is 5.00. The summed E-state index contributed by atoms with van der Waals surface area (Å²) in [4.78, 5) is 37.6. The molecule has 4 aromatic rings. The Morgan fingerprint density at radius 1 is 1.07 bits per heavy atom. The van der Waals surface area contributed by atoms with Crippen molar-refractivity contribution in [1.82, 2.24) is 20.1 Å². The van der Waals surface area contributed by atoms with Crippen LogP contribution in [-0.2, 0) is 6.42 Å². The molecule has 2 N–H and O–H groups in total. The lowest BCUT2D eigenvalue weighted by molar-refractivity contribution is -0.384. The molecule has 202 valence electrons. The number of pyridine rings is 1. The molecule has 1 aliphatic carbocycles. The molecule has 0 spiro atoms. The van der Waals surface area contributed by atoms with Crippen LogP contribution in [0.2, 0.25) is 0 Å². The SMILES string of the molecule is O=C(O)c1ccc([N+](=O)[O-])cc1.O=C(c1ccccn1)[C@@]12CNCCC1=Cc1c(cnn1-c1ccc(F)cc1)C2. The Kier molecular flexibility index (Phi) is 7.30. The minimum Gasteiger partial charge on any atom is -0.478 e. The van der Waals surface area contributed by atoms with Gasteiger partial charge in [-0.2, -0.15) is 5.10 Å². The van der Waals surface area contributed by atoms with Gasteiger partial charge in [-0.25, -0.2) is 13.9 Å². The molecule has 0 amide bonds. The van der Waals surface area contributed by atoms with Crippen molar-refractivity contribution in [2.24, 2.45) is 5.41 Å². The molecule has 10 nitrogen and oxygen atoms in total. The number of rotatable bonds is 5. The standard InChI is InChI=1S/C22H19FN4O.C7H5NO4/c23-17-4-6-18(7-5-17)27-20-11-16-8-10-24-14-22(16,12-15(20)13-26-27)21(28)19-3-1-2-9-25-19;9-7(10)5-1-3-6(4-2-5)8(11)12/h1-7,9,11,13,24H,8,10,12,14H2;1-4H,(H,9,10)/t22-;/m0./s1. The quantitative estimate of drug-likeness (QED) is 0.214. The monoisotopic (exact) mass is 541 g/mol. The number of Topliss-reactive ketones (excluding diaryl/α,β-unsaturated/α-hetero) is 1. The molecule has 2 aromatic heterocycles. The molecule has 0 bridgehead atoms. The molecule has 11 heteroatoms. The van der Waals surface area contributed by atoms with E-state index in [9.17, 15) is 24.1 Å². The number of nitrogens with one attached hydrogen (secondary N) is 1. The van der Waals surface area contributed by atoms with Crippen LogP contribution in [0.4, 0.5) is 10.1 Å². The van der Waals surface area contributed by atoms with E-state index in [1.54, 1.807) is 24.4 Å². The number of piperidine rings is 1. The average Bonchev–Trinajstić information content (AvgIpc) is 3.39. The number of carbonyl (C=O) groups is 2. The van der Waals surface area contributed by atoms with E-state index in [4.69, 9.17) is 5.11 Å². The molecule has 0 unspecified atom stereocenters. The van der Waals surface area contributed by atoms with E-state index < -0.39 is 16.3 Å². The maximum Gasteiger partial charge on any atom is 0.335 e. The van der Waals surface area contributed by atoms with Crippen LogP contribution in [0.5, 0.6) is 0 Å². The number of nitro benzene ring substituents is 1. The van der Waals surface area contributed by atoms with Crippen molar-refractivity contribution >= 4 is 23.5 Å². The van der Waals surface area contributed by atoms with Gasteiger partial charge in [0.15, 0.2) is 5.78 Å². The second-order valence-corrected chi connectivity index (χ2v) is 9.45. The van der Waals surface area contributed by atoms with Gasteiger partial charge in [-0.3, -0.25) is 19.9 Å². The Bertz CT molecular complexity index is 1570. The van der Waals surface area contributed by atoms with Crippen molar-refractivity contribution in [2.45, 2.75) is 12.8 Å². The van der Waals surface area contributed by atoms with E-state index in [0.717, 1.165) is 47.6 Å². The van der Waals surface area contributed by atoms with Crippen molar-refractivity contribution < 1.29 is 24.0 Å². The summed E-state index contributed by atoms with van der Waals surface area (Å²) in [7, 11) is 0. The van der Waals surface area contributed by atoms with Crippen molar-refractivity contribution in [3.05, 3.63) is 123 Å². The van der Waals surface area contributed by atoms with Gasteiger partial charge in [-0.05, 0) is 79.6 Å². The number of non-ortho nitro benzene ring substituents is 1. The number of hydrogen-bond donors (Lipinski definition) is 2. The average molecular weight is 542 g/mol. The molecule has 0 radical (unpaired) electrons. The third-order valence-corrected chi connectivity index (χ3v) is 7.03. The van der Waals surface area contributed by atoms with Gasteiger partial charge in [0.2, 0.25) is 0 Å². The Hall–Kier alpha value is -5.03. The van der Waals surface area contributed by atoms with Crippen LogP contribution in [-0.4, -0.2) is 49.6 Å². The number of fused-ring (bicyclic) bond motifs is 2. The van der Waals surface area contributed by atoms with E-state index in [-0.39, 0.29) is 22.9 Å². The lowest BCUT2D eigenvalue weighted by Crippen LogP contribution is -2.50. The largest absolute Gasteiger partial charge is 0.478 e. The first-order chi connectivity index (χ1) is 19.3. The number of aromatic nitrogens is 3. The van der Waals surface area contributed by atoms with Gasteiger partial charge >= 0.3 is 5.97 Å². The van der Waals surface area contributed by atoms with E-state index in [2.05, 4.69) is 21.5 Å². The third-order valence-electron chi connectivity index (χ3n) is 7.03. The number of ketones is 1. The van der Waals surface area contributed by atoms with Crippen LogP contribution in [0.15, 0.2) is 84.7 Å². The minimum atomic E-state index is -1.09. The normalized spacial score (nSPS) is 17.4. The number of benzene rings is 2. The second-order valence-electron chi connectivity index (χ2n) is 9.45. The predicted octanol–water partition coefficient (Wildman–Crippen LogP) is 4.50. The molecule has 6 rings (SSSR count). The van der Waals surface area contributed by atoms with Crippen LogP contribution < -0.4 is 5.32 Å². The number of carboxylic acid groups (broad SMARTS) is 1. The minimum absolute atomic E-state index is 0.0422. The summed E-state index contributed by atoms with van der Waals surface area (Å²) in [5.74, 6) is -1.32. The van der Waals surface area contributed by atoms with Crippen LogP contribution in [0.3, 0.4) is 0 Å². The highest BCUT2D eigenvalue weighted by Crippen LogP contribution is 2.44. The number of nitro groups is 1. The summed E-state index contributed by atoms with van der Waals surface area (Å²) in [5.41, 5.74) is 3.69. The van der Waals surface area contributed by atoms with Crippen molar-refractivity contribution in [3.63, 3.8) is 0 Å². The zero-order valence-corrected chi connectivity index (χ0v) is 21.2. The molecular formula is C29H24FN5O5. The molecule has 1 saturated heterocycles. The van der Waals surface area contributed by atoms with Gasteiger partial charge in [-0.15, -0.1) is 0 Å². The number of hydrogen-bond acceptors (Lipinski definition) is 7. The van der Waals surface area contributed by atoms with Crippen LogP contribution in [0.1, 0.15) is 38.5 Å². The highest BCUT2D eigenvalue weighted by Gasteiger charge is 2.47. The molecule has 3 heterocycles. The molecule has 2 aliphatic rings. The number of carbonyl (C=O) groups excluding carboxylic acids is 1. The van der Waals surface area contributed by atoms with Crippen molar-refractivity contribution in [1.29, 1.82) is 0 Å². The lowest BCUT2D eigenvalue weighted by Gasteiger charge is -2.41. The van der Waals surface area contributed by atoms with E-state index in [1.165, 1.54) is 24.3 Å². The van der Waals surface area contributed by atoms with Crippen LogP contribution >= 0.6 is 0 Å². The van der Waals surface area contributed by atoms with Crippen molar-refractivity contribution in [3.8, 4) is 5.69 Å². The predicted molar refractivity (Wildman–Crippen MR) is 144 cm³/mol. The molecular weight excluding hydrogens is 517 g/mol. The van der Waals surface area contributed by atoms with Gasteiger partial charge in [0.05, 0.1) is 33.5 Å². The van der Waals surface area contributed by atoms with Gasteiger partial charge in [0, 0.05) is 24.9 Å². The first-order valence-corrected chi connectivity index (χ1v) is 12.5. The summed E-state index contributed by atoms with van der Waals surface area (Å²) in [5, 5.41) is 26.5. The fraction of sp³-hybridized carbons (Fsp3) is 0.172. The summed E-state index contributed by atoms with van der Waals surface area (Å²) >= 11 is 0. The topological polar surface area (TPSA) is 140 Å². The summed E-state index contributed by atoms with van der Waals surface area (Å²) < 4.78 is 15.1. The zero-order chi connectivity index (χ0) is 28.3. The van der Waals surface area contributed by atoms with Gasteiger partial charge in [0.1, 0.15) is 11.5 Å². The smallest absolute Gasteiger partial charge is 0.335 e. The van der Waals surface area contributed by atoms with Crippen LogP contribution in [0, 0.1) is 21.3 Å². The molecule has 1 fully saturated rings. The zero-order valence-electron chi connectivity index (χ0n) is 21.2.